The second-order valence-electron chi connectivity index (χ2n) is 9.53. The maximum absolute atomic E-state index is 13.1. The van der Waals surface area contributed by atoms with Crippen molar-refractivity contribution in [2.45, 2.75) is 12.8 Å². The Labute approximate surface area is 202 Å². The highest BCUT2D eigenvalue weighted by Gasteiger charge is 2.59. The molecule has 4 aliphatic rings. The van der Waals surface area contributed by atoms with E-state index in [0.29, 0.717) is 17.1 Å². The highest BCUT2D eigenvalue weighted by Crippen LogP contribution is 2.53. The Morgan fingerprint density at radius 1 is 0.886 bits per heavy atom. The van der Waals surface area contributed by atoms with Crippen LogP contribution < -0.4 is 19.3 Å². The average molecular weight is 472 g/mol. The van der Waals surface area contributed by atoms with Crippen molar-refractivity contribution in [1.82, 2.24) is 0 Å². The third-order valence-corrected chi connectivity index (χ3v) is 7.61. The molecule has 3 fully saturated rings. The lowest BCUT2D eigenvalue weighted by molar-refractivity contribution is -0.139. The number of hydrogen-bond acceptors (Lipinski definition) is 6. The quantitative estimate of drug-likeness (QED) is 0.288. The van der Waals surface area contributed by atoms with Crippen LogP contribution in [0.1, 0.15) is 12.8 Å². The minimum atomic E-state index is -0.621. The van der Waals surface area contributed by atoms with Gasteiger partial charge in [-0.2, -0.15) is 0 Å². The lowest BCUT2D eigenvalue weighted by Crippen LogP contribution is -2.32. The SMILES string of the molecule is COc1ccc(N2C[C@H](C(=O)Oc3cccc(N4C(=O)[C@@H]5[C@H](C4=O)[C@H]4C=C[C@H]5C4)c3)CC2=O)cc1. The van der Waals surface area contributed by atoms with Crippen LogP contribution in [-0.2, 0) is 19.2 Å². The van der Waals surface area contributed by atoms with Crippen molar-refractivity contribution in [3.05, 3.63) is 60.7 Å². The third-order valence-electron chi connectivity index (χ3n) is 7.61. The molecular weight excluding hydrogens is 448 g/mol. The van der Waals surface area contributed by atoms with Crippen molar-refractivity contribution in [2.75, 3.05) is 23.5 Å². The van der Waals surface area contributed by atoms with Gasteiger partial charge in [0.25, 0.3) is 0 Å². The van der Waals surface area contributed by atoms with E-state index in [9.17, 15) is 19.2 Å². The second-order valence-corrected chi connectivity index (χ2v) is 9.53. The van der Waals surface area contributed by atoms with Gasteiger partial charge in [-0.1, -0.05) is 18.2 Å². The van der Waals surface area contributed by atoms with Gasteiger partial charge in [-0.05, 0) is 54.7 Å². The average Bonchev–Trinajstić information content (AvgIpc) is 3.63. The molecule has 5 atom stereocenters. The van der Waals surface area contributed by atoms with Crippen molar-refractivity contribution in [3.63, 3.8) is 0 Å². The van der Waals surface area contributed by atoms with Gasteiger partial charge in [0, 0.05) is 24.7 Å². The molecule has 0 aromatic heterocycles. The maximum Gasteiger partial charge on any atom is 0.316 e. The minimum Gasteiger partial charge on any atom is -0.497 e. The number of rotatable bonds is 5. The number of carbonyl (C=O) groups excluding carboxylic acids is 4. The van der Waals surface area contributed by atoms with E-state index in [-0.39, 0.29) is 60.1 Å². The van der Waals surface area contributed by atoms with Gasteiger partial charge in [-0.25, -0.2) is 4.90 Å². The molecule has 35 heavy (non-hydrogen) atoms. The molecule has 0 N–H and O–H groups in total. The lowest BCUT2D eigenvalue weighted by Gasteiger charge is -2.18. The molecule has 2 aromatic rings. The molecule has 8 nitrogen and oxygen atoms in total. The standard InChI is InChI=1S/C27H24N2O6/c1-34-20-9-7-18(8-10-20)28-14-17(12-22(28)30)27(33)35-21-4-2-3-19(13-21)29-25(31)23-15-5-6-16(11-15)24(23)26(29)32/h2-10,13,15-17,23-24H,11-12,14H2,1H3/t15-,16-,17+,23-,24+/m0/s1. The molecule has 178 valence electrons. The first-order valence-corrected chi connectivity index (χ1v) is 11.8. The predicted molar refractivity (Wildman–Crippen MR) is 126 cm³/mol. The van der Waals surface area contributed by atoms with Crippen LogP contribution in [0.4, 0.5) is 11.4 Å². The summed E-state index contributed by atoms with van der Waals surface area (Å²) in [4.78, 5) is 54.4. The summed E-state index contributed by atoms with van der Waals surface area (Å²) >= 11 is 0. The fraction of sp³-hybridized carbons (Fsp3) is 0.333. The van der Waals surface area contributed by atoms with Gasteiger partial charge in [-0.15, -0.1) is 0 Å². The molecule has 2 aliphatic carbocycles. The number of esters is 1. The van der Waals surface area contributed by atoms with E-state index in [1.165, 1.54) is 4.90 Å². The van der Waals surface area contributed by atoms with Crippen LogP contribution in [0.5, 0.6) is 11.5 Å². The molecule has 2 bridgehead atoms. The highest BCUT2D eigenvalue weighted by atomic mass is 16.5. The largest absolute Gasteiger partial charge is 0.497 e. The molecule has 2 heterocycles. The van der Waals surface area contributed by atoms with Crippen LogP contribution in [0.3, 0.4) is 0 Å². The molecule has 6 rings (SSSR count). The predicted octanol–water partition coefficient (Wildman–Crippen LogP) is 2.97. The number of hydrogen-bond donors (Lipinski definition) is 0. The molecule has 1 saturated carbocycles. The molecule has 2 aliphatic heterocycles. The van der Waals surface area contributed by atoms with Gasteiger partial charge in [-0.3, -0.25) is 19.2 Å². The number of carbonyl (C=O) groups is 4. The van der Waals surface area contributed by atoms with E-state index in [1.807, 2.05) is 0 Å². The Hall–Kier alpha value is -3.94. The maximum atomic E-state index is 13.1. The number of fused-ring (bicyclic) bond motifs is 5. The third kappa shape index (κ3) is 3.43. The normalized spacial score (nSPS) is 28.7. The first-order chi connectivity index (χ1) is 16.9. The van der Waals surface area contributed by atoms with E-state index < -0.39 is 11.9 Å². The molecule has 0 unspecified atom stereocenters. The van der Waals surface area contributed by atoms with Crippen molar-refractivity contribution >= 4 is 35.1 Å². The zero-order valence-electron chi connectivity index (χ0n) is 19.1. The zero-order valence-corrected chi connectivity index (χ0v) is 19.1. The van der Waals surface area contributed by atoms with Crippen molar-refractivity contribution in [1.29, 1.82) is 0 Å². The lowest BCUT2D eigenvalue weighted by atomic mass is 9.85. The highest BCUT2D eigenvalue weighted by molar-refractivity contribution is 6.22. The number of amides is 3. The summed E-state index contributed by atoms with van der Waals surface area (Å²) in [5.41, 5.74) is 1.09. The molecule has 2 saturated heterocycles. The van der Waals surface area contributed by atoms with Crippen LogP contribution >= 0.6 is 0 Å². The fourth-order valence-corrected chi connectivity index (χ4v) is 5.92. The van der Waals surface area contributed by atoms with Gasteiger partial charge in [0.15, 0.2) is 0 Å². The van der Waals surface area contributed by atoms with Crippen molar-refractivity contribution in [3.8, 4) is 11.5 Å². The van der Waals surface area contributed by atoms with Crippen LogP contribution in [0.15, 0.2) is 60.7 Å². The monoisotopic (exact) mass is 472 g/mol. The van der Waals surface area contributed by atoms with E-state index in [0.717, 1.165) is 6.42 Å². The minimum absolute atomic E-state index is 0.0484. The summed E-state index contributed by atoms with van der Waals surface area (Å²) in [6.07, 6.45) is 5.02. The first kappa shape index (κ1) is 21.6. The molecule has 8 heteroatoms. The summed E-state index contributed by atoms with van der Waals surface area (Å²) in [5, 5.41) is 0. The number of methoxy groups -OCH3 is 1. The fourth-order valence-electron chi connectivity index (χ4n) is 5.92. The summed E-state index contributed by atoms with van der Waals surface area (Å²) in [7, 11) is 1.57. The number of imide groups is 1. The molecule has 2 aromatic carbocycles. The molecule has 0 radical (unpaired) electrons. The van der Waals surface area contributed by atoms with Crippen molar-refractivity contribution < 1.29 is 28.7 Å². The number of anilines is 2. The number of nitrogens with zero attached hydrogens (tertiary/aromatic N) is 2. The Morgan fingerprint density at radius 3 is 2.23 bits per heavy atom. The molecular formula is C27H24N2O6. The van der Waals surface area contributed by atoms with Gasteiger partial charge in [0.05, 0.1) is 30.6 Å². The summed E-state index contributed by atoms with van der Waals surface area (Å²) in [6.45, 7) is 0.214. The first-order valence-electron chi connectivity index (χ1n) is 11.8. The Bertz CT molecular complexity index is 1240. The van der Waals surface area contributed by atoms with Crippen molar-refractivity contribution in [2.24, 2.45) is 29.6 Å². The van der Waals surface area contributed by atoms with Gasteiger partial charge >= 0.3 is 5.97 Å². The van der Waals surface area contributed by atoms with Crippen LogP contribution in [0.2, 0.25) is 0 Å². The number of ether oxygens (including phenoxy) is 2. The Morgan fingerprint density at radius 2 is 1.57 bits per heavy atom. The van der Waals surface area contributed by atoms with Crippen LogP contribution in [-0.4, -0.2) is 37.3 Å². The molecule has 0 spiro atoms. The number of allylic oxidation sites excluding steroid dienone is 2. The van der Waals surface area contributed by atoms with E-state index in [2.05, 4.69) is 12.2 Å². The Kier molecular flexibility index (Phi) is 4.98. The topological polar surface area (TPSA) is 93.2 Å². The molecule has 3 amide bonds. The van der Waals surface area contributed by atoms with E-state index in [4.69, 9.17) is 9.47 Å². The van der Waals surface area contributed by atoms with Crippen LogP contribution in [0.25, 0.3) is 0 Å². The summed E-state index contributed by atoms with van der Waals surface area (Å²) < 4.78 is 10.7. The van der Waals surface area contributed by atoms with Gasteiger partial charge in [0.1, 0.15) is 11.5 Å². The zero-order chi connectivity index (χ0) is 24.3. The Balaban J connectivity index is 1.15. The summed E-state index contributed by atoms with van der Waals surface area (Å²) in [5.74, 6) is -1.09. The van der Waals surface area contributed by atoms with Gasteiger partial charge < -0.3 is 14.4 Å². The summed E-state index contributed by atoms with van der Waals surface area (Å²) in [6, 6.07) is 13.5. The van der Waals surface area contributed by atoms with Crippen LogP contribution in [0, 0.1) is 29.6 Å². The van der Waals surface area contributed by atoms with E-state index in [1.54, 1.807) is 60.5 Å². The smallest absolute Gasteiger partial charge is 0.316 e. The number of benzene rings is 2. The second kappa shape index (κ2) is 8.08. The van der Waals surface area contributed by atoms with Gasteiger partial charge in [0.2, 0.25) is 17.7 Å². The van der Waals surface area contributed by atoms with E-state index >= 15 is 0 Å².